The largest absolute Gasteiger partial charge is 0.467 e. The van der Waals surface area contributed by atoms with Gasteiger partial charge in [-0.1, -0.05) is 44.2 Å². The van der Waals surface area contributed by atoms with E-state index in [0.29, 0.717) is 29.7 Å². The molecule has 2 aliphatic carbocycles. The van der Waals surface area contributed by atoms with Crippen molar-refractivity contribution in [3.63, 3.8) is 0 Å². The Morgan fingerprint density at radius 1 is 1.14 bits per heavy atom. The molecule has 1 heterocycles. The Balaban J connectivity index is 1.48. The second-order valence-electron chi connectivity index (χ2n) is 11.3. The zero-order valence-corrected chi connectivity index (χ0v) is 23.3. The minimum atomic E-state index is -0.803. The molecule has 0 bridgehead atoms. The average molecular weight is 518 g/mol. The Morgan fingerprint density at radius 2 is 1.81 bits per heavy atom. The van der Waals surface area contributed by atoms with Crippen molar-refractivity contribution >= 4 is 24.1 Å². The second kappa shape index (κ2) is 12.3. The molecule has 0 saturated heterocycles. The molecule has 0 N–H and O–H groups in total. The van der Waals surface area contributed by atoms with Gasteiger partial charge in [0.2, 0.25) is 0 Å². The van der Waals surface area contributed by atoms with Gasteiger partial charge in [-0.15, -0.1) is 0 Å². The predicted octanol–water partition coefficient (Wildman–Crippen LogP) is 5.94. The number of esters is 1. The lowest BCUT2D eigenvalue weighted by molar-refractivity contribution is -0.148. The van der Waals surface area contributed by atoms with Crippen LogP contribution in [-0.4, -0.2) is 72.9 Å². The third-order valence-electron chi connectivity index (χ3n) is 8.89. The average Bonchev–Trinajstić information content (AvgIpc) is 3.25. The molecule has 1 aromatic carbocycles. The highest BCUT2D eigenvalue weighted by molar-refractivity contribution is 7.98. The smallest absolute Gasteiger partial charge is 0.336 e. The van der Waals surface area contributed by atoms with Crippen LogP contribution in [-0.2, 0) is 9.53 Å². The van der Waals surface area contributed by atoms with Crippen LogP contribution in [0.15, 0.2) is 29.3 Å². The Bertz CT molecular complexity index is 881. The first kappa shape index (κ1) is 27.4. The van der Waals surface area contributed by atoms with E-state index in [1.54, 1.807) is 23.9 Å². The number of aliphatic imine (C=N–C) groups is 1. The Hall–Kier alpha value is -1.60. The number of hydrogen-bond acceptors (Lipinski definition) is 6. The molecule has 0 amide bonds. The normalized spacial score (nSPS) is 30.1. The summed E-state index contributed by atoms with van der Waals surface area (Å²) in [5.74, 6) is 1.41. The maximum Gasteiger partial charge on any atom is 0.336 e. The van der Waals surface area contributed by atoms with Gasteiger partial charge in [0, 0.05) is 17.8 Å². The fourth-order valence-corrected chi connectivity index (χ4v) is 7.94. The lowest BCUT2D eigenvalue weighted by Gasteiger charge is -2.43. The van der Waals surface area contributed by atoms with Gasteiger partial charge in [0.25, 0.3) is 0 Å². The number of ether oxygens (including phenoxy) is 1. The molecule has 3 atom stereocenters. The summed E-state index contributed by atoms with van der Waals surface area (Å²) in [6.45, 7) is 0. The molecule has 0 spiro atoms. The third-order valence-corrected chi connectivity index (χ3v) is 9.62. The fraction of sp³-hybridized carbons (Fsp3) is 0.724. The number of benzene rings is 1. The van der Waals surface area contributed by atoms with Crippen LogP contribution in [0.3, 0.4) is 0 Å². The quantitative estimate of drug-likeness (QED) is 0.379. The molecule has 0 radical (unpaired) electrons. The number of thioether (sulfide) groups is 1. The van der Waals surface area contributed by atoms with E-state index in [1.165, 1.54) is 44.8 Å². The number of nitrogens with zero attached hydrogens (tertiary/aromatic N) is 3. The summed E-state index contributed by atoms with van der Waals surface area (Å²) in [5, 5.41) is 0. The maximum atomic E-state index is 13.5. The van der Waals surface area contributed by atoms with Crippen LogP contribution in [0.5, 0.6) is 0 Å². The molecule has 3 unspecified atom stereocenters. The van der Waals surface area contributed by atoms with Crippen LogP contribution in [0.4, 0.5) is 4.39 Å². The summed E-state index contributed by atoms with van der Waals surface area (Å²) in [5.41, 5.74) is 0.394. The molecule has 1 aromatic rings. The molecule has 4 rings (SSSR count). The van der Waals surface area contributed by atoms with E-state index >= 15 is 0 Å². The molecular weight excluding hydrogens is 473 g/mol. The van der Waals surface area contributed by atoms with Crippen molar-refractivity contribution in [2.45, 2.75) is 87.9 Å². The monoisotopic (exact) mass is 517 g/mol. The Kier molecular flexibility index (Phi) is 9.37. The van der Waals surface area contributed by atoms with Gasteiger partial charge in [-0.05, 0) is 82.0 Å². The lowest BCUT2D eigenvalue weighted by Crippen LogP contribution is -2.56. The van der Waals surface area contributed by atoms with Crippen LogP contribution < -0.4 is 0 Å². The SMILES string of the molecule is COC(=O)C1(CSC)N=CN(C2CCCCC2)C1CC1CCC(C(c2ccc(F)cc2)N(C)C)CC1. The summed E-state index contributed by atoms with van der Waals surface area (Å²) in [6, 6.07) is 7.89. The first-order chi connectivity index (χ1) is 17.4. The van der Waals surface area contributed by atoms with E-state index < -0.39 is 5.54 Å². The van der Waals surface area contributed by atoms with E-state index in [2.05, 4.69) is 30.2 Å². The van der Waals surface area contributed by atoms with Crippen LogP contribution in [0.25, 0.3) is 0 Å². The molecular formula is C29H44FN3O2S. The Morgan fingerprint density at radius 3 is 2.39 bits per heavy atom. The summed E-state index contributed by atoms with van der Waals surface area (Å²) >= 11 is 1.69. The van der Waals surface area contributed by atoms with Gasteiger partial charge >= 0.3 is 5.97 Å². The molecule has 2 fully saturated rings. The highest BCUT2D eigenvalue weighted by Crippen LogP contribution is 2.44. The highest BCUT2D eigenvalue weighted by atomic mass is 32.2. The summed E-state index contributed by atoms with van der Waals surface area (Å²) in [7, 11) is 5.76. The predicted molar refractivity (Wildman–Crippen MR) is 147 cm³/mol. The second-order valence-corrected chi connectivity index (χ2v) is 12.2. The van der Waals surface area contributed by atoms with Crippen molar-refractivity contribution in [3.8, 4) is 0 Å². The highest BCUT2D eigenvalue weighted by Gasteiger charge is 2.54. The number of carbonyl (C=O) groups excluding carboxylic acids is 1. The van der Waals surface area contributed by atoms with Crippen molar-refractivity contribution in [2.24, 2.45) is 16.8 Å². The van der Waals surface area contributed by atoms with E-state index in [1.807, 2.05) is 18.5 Å². The molecule has 5 nitrogen and oxygen atoms in total. The molecule has 2 saturated carbocycles. The Labute approximate surface area is 221 Å². The van der Waals surface area contributed by atoms with Crippen LogP contribution in [0, 0.1) is 17.7 Å². The molecule has 36 heavy (non-hydrogen) atoms. The minimum absolute atomic E-state index is 0.0730. The van der Waals surface area contributed by atoms with Crippen LogP contribution in [0.1, 0.15) is 75.8 Å². The zero-order chi connectivity index (χ0) is 25.7. The molecule has 3 aliphatic rings. The number of carbonyl (C=O) groups is 1. The lowest BCUT2D eigenvalue weighted by atomic mass is 9.72. The summed E-state index contributed by atoms with van der Waals surface area (Å²) in [4.78, 5) is 22.9. The summed E-state index contributed by atoms with van der Waals surface area (Å²) in [6.07, 6.45) is 15.9. The van der Waals surface area contributed by atoms with E-state index in [4.69, 9.17) is 9.73 Å². The van der Waals surface area contributed by atoms with E-state index in [-0.39, 0.29) is 17.8 Å². The van der Waals surface area contributed by atoms with Gasteiger partial charge in [-0.2, -0.15) is 11.8 Å². The van der Waals surface area contributed by atoms with Crippen molar-refractivity contribution in [2.75, 3.05) is 33.2 Å². The summed E-state index contributed by atoms with van der Waals surface area (Å²) < 4.78 is 18.9. The number of methoxy groups -OCH3 is 1. The van der Waals surface area contributed by atoms with Gasteiger partial charge in [0.1, 0.15) is 5.82 Å². The first-order valence-electron chi connectivity index (χ1n) is 13.7. The fourth-order valence-electron chi connectivity index (χ4n) is 7.11. The molecule has 1 aliphatic heterocycles. The van der Waals surface area contributed by atoms with Gasteiger partial charge in [0.15, 0.2) is 5.54 Å². The van der Waals surface area contributed by atoms with Crippen molar-refractivity contribution in [1.29, 1.82) is 0 Å². The maximum absolute atomic E-state index is 13.5. The van der Waals surface area contributed by atoms with Crippen LogP contribution >= 0.6 is 11.8 Å². The minimum Gasteiger partial charge on any atom is -0.467 e. The van der Waals surface area contributed by atoms with Crippen LogP contribution in [0.2, 0.25) is 0 Å². The van der Waals surface area contributed by atoms with Gasteiger partial charge < -0.3 is 14.5 Å². The standard InChI is InChI=1S/C29H44FN3O2S/c1-32(2)27(23-14-16-24(30)17-15-23)22-12-10-21(11-13-22)18-26-29(19-36-4,28(34)35-3)31-20-33(26)25-8-6-5-7-9-25/h14-17,20-22,25-27H,5-13,18-19H2,1-4H3. The third kappa shape index (κ3) is 5.77. The van der Waals surface area contributed by atoms with Crippen molar-refractivity contribution in [3.05, 3.63) is 35.6 Å². The van der Waals surface area contributed by atoms with Crippen molar-refractivity contribution in [1.82, 2.24) is 9.80 Å². The first-order valence-corrected chi connectivity index (χ1v) is 15.1. The van der Waals surface area contributed by atoms with Gasteiger partial charge in [-0.3, -0.25) is 4.99 Å². The van der Waals surface area contributed by atoms with Gasteiger partial charge in [-0.25, -0.2) is 9.18 Å². The topological polar surface area (TPSA) is 45.1 Å². The molecule has 0 aromatic heterocycles. The number of rotatable bonds is 9. The number of hydrogen-bond donors (Lipinski definition) is 0. The molecule has 200 valence electrons. The van der Waals surface area contributed by atoms with Gasteiger partial charge in [0.05, 0.1) is 19.5 Å². The zero-order valence-electron chi connectivity index (χ0n) is 22.5. The van der Waals surface area contributed by atoms with E-state index in [0.717, 1.165) is 32.1 Å². The van der Waals surface area contributed by atoms with E-state index in [9.17, 15) is 9.18 Å². The molecule has 7 heteroatoms. The number of halogens is 1. The van der Waals surface area contributed by atoms with Crippen molar-refractivity contribution < 1.29 is 13.9 Å².